The molecule has 0 saturated carbocycles. The van der Waals surface area contributed by atoms with Crippen LogP contribution in [0.5, 0.6) is 5.75 Å². The summed E-state index contributed by atoms with van der Waals surface area (Å²) in [5, 5.41) is 7.50. The van der Waals surface area contributed by atoms with Crippen LogP contribution in [0.2, 0.25) is 0 Å². The van der Waals surface area contributed by atoms with E-state index in [1.54, 1.807) is 18.8 Å². The van der Waals surface area contributed by atoms with Crippen molar-refractivity contribution in [2.45, 2.75) is 38.8 Å². The van der Waals surface area contributed by atoms with E-state index in [4.69, 9.17) is 9.47 Å². The Kier molecular flexibility index (Phi) is 7.64. The zero-order chi connectivity index (χ0) is 21.5. The van der Waals surface area contributed by atoms with E-state index in [1.807, 2.05) is 31.2 Å². The molecule has 164 valence electrons. The van der Waals surface area contributed by atoms with Crippen molar-refractivity contribution in [3.8, 4) is 5.75 Å². The fourth-order valence-electron chi connectivity index (χ4n) is 3.81. The second-order valence-electron chi connectivity index (χ2n) is 7.43. The minimum atomic E-state index is -0.0779. The second kappa shape index (κ2) is 10.4. The van der Waals surface area contributed by atoms with Gasteiger partial charge in [0, 0.05) is 25.3 Å². The Morgan fingerprint density at radius 2 is 1.90 bits per heavy atom. The summed E-state index contributed by atoms with van der Waals surface area (Å²) in [5.41, 5.74) is 0.676. The van der Waals surface area contributed by atoms with Crippen LogP contribution in [0.3, 0.4) is 0 Å². The minimum Gasteiger partial charge on any atom is -0.497 e. The number of benzene rings is 1. The summed E-state index contributed by atoms with van der Waals surface area (Å²) in [4.78, 5) is 27.1. The van der Waals surface area contributed by atoms with Gasteiger partial charge < -0.3 is 14.8 Å². The molecule has 1 aromatic heterocycles. The molecule has 0 atom stereocenters. The summed E-state index contributed by atoms with van der Waals surface area (Å²) in [6.45, 7) is 5.42. The molecule has 1 saturated heterocycles. The molecule has 2 aromatic rings. The quantitative estimate of drug-likeness (QED) is 0.666. The zero-order valence-corrected chi connectivity index (χ0v) is 18.0. The highest BCUT2D eigenvalue weighted by Gasteiger charge is 2.27. The number of nitrogens with one attached hydrogen (secondary N) is 1. The summed E-state index contributed by atoms with van der Waals surface area (Å²) >= 11 is 0. The predicted octanol–water partition coefficient (Wildman–Crippen LogP) is 1.54. The Morgan fingerprint density at radius 3 is 2.50 bits per heavy atom. The van der Waals surface area contributed by atoms with Gasteiger partial charge in [-0.15, -0.1) is 0 Å². The molecule has 0 unspecified atom stereocenters. The molecular weight excluding hydrogens is 386 g/mol. The molecule has 0 aliphatic carbocycles. The molecule has 0 radical (unpaired) electrons. The van der Waals surface area contributed by atoms with Crippen LogP contribution in [0.1, 0.15) is 31.5 Å². The van der Waals surface area contributed by atoms with Crippen molar-refractivity contribution in [3.63, 3.8) is 0 Å². The molecule has 1 aliphatic heterocycles. The van der Waals surface area contributed by atoms with Gasteiger partial charge >= 0.3 is 5.69 Å². The summed E-state index contributed by atoms with van der Waals surface area (Å²) in [7, 11) is 3.23. The molecule has 9 heteroatoms. The topological polar surface area (TPSA) is 90.6 Å². The molecule has 9 nitrogen and oxygen atoms in total. The average Bonchev–Trinajstić information content (AvgIpc) is 3.08. The van der Waals surface area contributed by atoms with Crippen LogP contribution in [0.4, 0.5) is 5.69 Å². The van der Waals surface area contributed by atoms with Crippen LogP contribution in [0.15, 0.2) is 29.1 Å². The third kappa shape index (κ3) is 5.28. The Hall–Kier alpha value is -2.65. The fraction of sp³-hybridized carbons (Fsp3) is 0.571. The Balaban J connectivity index is 1.54. The first-order chi connectivity index (χ1) is 14.5. The fourth-order valence-corrected chi connectivity index (χ4v) is 3.81. The van der Waals surface area contributed by atoms with Crippen molar-refractivity contribution >= 4 is 11.6 Å². The number of anilines is 1. The maximum Gasteiger partial charge on any atom is 0.345 e. The van der Waals surface area contributed by atoms with Crippen LogP contribution >= 0.6 is 0 Å². The SMILES string of the molecule is CCn1c(C2CCN(CC(=O)Nc3ccc(OC)cc3)CC2)nn(CCOC)c1=O. The molecule has 3 rings (SSSR count). The first-order valence-corrected chi connectivity index (χ1v) is 10.4. The van der Waals surface area contributed by atoms with E-state index in [0.29, 0.717) is 26.2 Å². The predicted molar refractivity (Wildman–Crippen MR) is 114 cm³/mol. The lowest BCUT2D eigenvalue weighted by Gasteiger charge is -2.30. The lowest BCUT2D eigenvalue weighted by Crippen LogP contribution is -2.39. The number of rotatable bonds is 9. The van der Waals surface area contributed by atoms with Crippen LogP contribution in [0.25, 0.3) is 0 Å². The van der Waals surface area contributed by atoms with E-state index >= 15 is 0 Å². The highest BCUT2D eigenvalue weighted by Crippen LogP contribution is 2.26. The van der Waals surface area contributed by atoms with Gasteiger partial charge in [0.25, 0.3) is 0 Å². The normalized spacial score (nSPS) is 15.3. The van der Waals surface area contributed by atoms with Gasteiger partial charge in [0.05, 0.1) is 26.8 Å². The molecule has 30 heavy (non-hydrogen) atoms. The molecular formula is C21H31N5O4. The number of likely N-dealkylation sites (tertiary alicyclic amines) is 1. The summed E-state index contributed by atoms with van der Waals surface area (Å²) < 4.78 is 13.5. The third-order valence-corrected chi connectivity index (χ3v) is 5.47. The van der Waals surface area contributed by atoms with Gasteiger partial charge in [-0.1, -0.05) is 0 Å². The molecule has 2 heterocycles. The summed E-state index contributed by atoms with van der Waals surface area (Å²) in [6.07, 6.45) is 1.74. The number of aromatic nitrogens is 3. The Bertz CT molecular complexity index is 882. The van der Waals surface area contributed by atoms with E-state index in [2.05, 4.69) is 15.3 Å². The van der Waals surface area contributed by atoms with E-state index in [1.165, 1.54) is 4.68 Å². The van der Waals surface area contributed by atoms with Crippen molar-refractivity contribution in [2.75, 3.05) is 45.8 Å². The largest absolute Gasteiger partial charge is 0.497 e. The molecule has 1 amide bonds. The number of piperidine rings is 1. The number of carbonyl (C=O) groups excluding carboxylic acids is 1. The number of amides is 1. The first kappa shape index (κ1) is 22.0. The maximum absolute atomic E-state index is 12.5. The van der Waals surface area contributed by atoms with Gasteiger partial charge in [0.1, 0.15) is 11.6 Å². The van der Waals surface area contributed by atoms with Crippen LogP contribution in [-0.4, -0.2) is 65.6 Å². The molecule has 0 spiro atoms. The number of carbonyl (C=O) groups is 1. The Morgan fingerprint density at radius 1 is 1.20 bits per heavy atom. The van der Waals surface area contributed by atoms with E-state index in [0.717, 1.165) is 43.2 Å². The van der Waals surface area contributed by atoms with Gasteiger partial charge in [-0.3, -0.25) is 14.3 Å². The smallest absolute Gasteiger partial charge is 0.345 e. The van der Waals surface area contributed by atoms with Crippen molar-refractivity contribution in [1.82, 2.24) is 19.2 Å². The van der Waals surface area contributed by atoms with Gasteiger partial charge in [-0.2, -0.15) is 5.10 Å². The number of ether oxygens (including phenoxy) is 2. The van der Waals surface area contributed by atoms with E-state index < -0.39 is 0 Å². The monoisotopic (exact) mass is 417 g/mol. The highest BCUT2D eigenvalue weighted by atomic mass is 16.5. The average molecular weight is 418 g/mol. The lowest BCUT2D eigenvalue weighted by molar-refractivity contribution is -0.117. The standard InChI is InChI=1S/C21H31N5O4/c1-4-25-20(23-26(21(25)28)13-14-29-2)16-9-11-24(12-10-16)15-19(27)22-17-5-7-18(30-3)8-6-17/h5-8,16H,4,9-15H2,1-3H3,(H,22,27). The van der Waals surface area contributed by atoms with Crippen LogP contribution < -0.4 is 15.7 Å². The van der Waals surface area contributed by atoms with Crippen molar-refractivity contribution in [2.24, 2.45) is 0 Å². The molecule has 0 bridgehead atoms. The van der Waals surface area contributed by atoms with E-state index in [9.17, 15) is 9.59 Å². The van der Waals surface area contributed by atoms with Crippen molar-refractivity contribution < 1.29 is 14.3 Å². The summed E-state index contributed by atoms with van der Waals surface area (Å²) in [6, 6.07) is 7.29. The molecule has 1 N–H and O–H groups in total. The van der Waals surface area contributed by atoms with Crippen LogP contribution in [0, 0.1) is 0 Å². The molecule has 1 fully saturated rings. The van der Waals surface area contributed by atoms with Crippen LogP contribution in [-0.2, 0) is 22.6 Å². The minimum absolute atomic E-state index is 0.0343. The third-order valence-electron chi connectivity index (χ3n) is 5.47. The number of methoxy groups -OCH3 is 2. The number of hydrogen-bond acceptors (Lipinski definition) is 6. The lowest BCUT2D eigenvalue weighted by atomic mass is 9.96. The zero-order valence-electron chi connectivity index (χ0n) is 18.0. The van der Waals surface area contributed by atoms with Crippen molar-refractivity contribution in [1.29, 1.82) is 0 Å². The molecule has 1 aliphatic rings. The summed E-state index contributed by atoms with van der Waals surface area (Å²) in [5.74, 6) is 1.79. The van der Waals surface area contributed by atoms with E-state index in [-0.39, 0.29) is 17.5 Å². The maximum atomic E-state index is 12.5. The highest BCUT2D eigenvalue weighted by molar-refractivity contribution is 5.92. The van der Waals surface area contributed by atoms with Crippen molar-refractivity contribution in [3.05, 3.63) is 40.6 Å². The van der Waals surface area contributed by atoms with Gasteiger partial charge in [0.15, 0.2) is 0 Å². The van der Waals surface area contributed by atoms with Gasteiger partial charge in [0.2, 0.25) is 5.91 Å². The van der Waals surface area contributed by atoms with Gasteiger partial charge in [-0.25, -0.2) is 9.48 Å². The second-order valence-corrected chi connectivity index (χ2v) is 7.43. The van der Waals surface area contributed by atoms with Gasteiger partial charge in [-0.05, 0) is 57.1 Å². The number of hydrogen-bond donors (Lipinski definition) is 1. The first-order valence-electron chi connectivity index (χ1n) is 10.4. The molecule has 1 aromatic carbocycles. The Labute approximate surface area is 176 Å². The number of nitrogens with zero attached hydrogens (tertiary/aromatic N) is 4.